The number of ether oxygens (including phenoxy) is 1. The summed E-state index contributed by atoms with van der Waals surface area (Å²) < 4.78 is 6.44. The fourth-order valence-corrected chi connectivity index (χ4v) is 3.15. The van der Waals surface area contributed by atoms with Gasteiger partial charge in [-0.25, -0.2) is 0 Å². The van der Waals surface area contributed by atoms with Crippen LogP contribution < -0.4 is 10.1 Å². The van der Waals surface area contributed by atoms with Gasteiger partial charge in [-0.3, -0.25) is 14.9 Å². The molecule has 1 N–H and O–H groups in total. The van der Waals surface area contributed by atoms with Gasteiger partial charge >= 0.3 is 0 Å². The molecule has 0 aliphatic heterocycles. The van der Waals surface area contributed by atoms with Gasteiger partial charge in [0.2, 0.25) is 0 Å². The number of nitro groups is 1. The number of carbonyl (C=O) groups excluding carboxylic acids is 1. The summed E-state index contributed by atoms with van der Waals surface area (Å²) in [6.45, 7) is 0.0204. The van der Waals surface area contributed by atoms with E-state index in [1.807, 2.05) is 0 Å². The number of hydrogen-bond acceptors (Lipinski definition) is 6. The van der Waals surface area contributed by atoms with Gasteiger partial charge in [-0.05, 0) is 81.7 Å². The highest BCUT2D eigenvalue weighted by atomic mass is 79.9. The van der Waals surface area contributed by atoms with Gasteiger partial charge in [0.05, 0.1) is 15.6 Å². The Morgan fingerprint density at radius 1 is 1.12 bits per heavy atom. The van der Waals surface area contributed by atoms with E-state index in [4.69, 9.17) is 21.2 Å². The molecule has 8 nitrogen and oxygen atoms in total. The Kier molecular flexibility index (Phi) is 8.18. The van der Waals surface area contributed by atoms with Crippen molar-refractivity contribution in [3.63, 3.8) is 0 Å². The van der Waals surface area contributed by atoms with Crippen LogP contribution in [0.25, 0.3) is 0 Å². The summed E-state index contributed by atoms with van der Waals surface area (Å²) in [5.74, 6) is 0.254. The first-order chi connectivity index (χ1) is 15.4. The van der Waals surface area contributed by atoms with Crippen LogP contribution in [0, 0.1) is 10.1 Å². The number of halogens is 2. The average Bonchev–Trinajstić information content (AvgIpc) is 2.78. The van der Waals surface area contributed by atoms with Gasteiger partial charge in [0, 0.05) is 22.8 Å². The molecule has 32 heavy (non-hydrogen) atoms. The monoisotopic (exact) mass is 517 g/mol. The van der Waals surface area contributed by atoms with Crippen molar-refractivity contribution < 1.29 is 19.3 Å². The molecule has 0 aliphatic rings. The number of amides is 1. The zero-order valence-electron chi connectivity index (χ0n) is 16.5. The molecular weight excluding hydrogens is 502 g/mol. The second kappa shape index (κ2) is 11.3. The minimum absolute atomic E-state index is 0.0308. The van der Waals surface area contributed by atoms with Gasteiger partial charge in [0.1, 0.15) is 12.4 Å². The predicted molar refractivity (Wildman–Crippen MR) is 125 cm³/mol. The maximum Gasteiger partial charge on any atom is 0.269 e. The number of benzene rings is 3. The van der Waals surface area contributed by atoms with Crippen molar-refractivity contribution in [2.45, 2.75) is 6.61 Å². The lowest BCUT2D eigenvalue weighted by Crippen LogP contribution is -2.16. The number of hydrogen-bond donors (Lipinski definition) is 1. The number of oxime groups is 1. The molecule has 0 aromatic heterocycles. The van der Waals surface area contributed by atoms with Crippen LogP contribution in [0.3, 0.4) is 0 Å². The average molecular weight is 519 g/mol. The first-order valence-corrected chi connectivity index (χ1v) is 10.4. The molecule has 0 heterocycles. The van der Waals surface area contributed by atoms with Crippen LogP contribution in [0.4, 0.5) is 11.4 Å². The molecule has 0 bridgehead atoms. The van der Waals surface area contributed by atoms with Crippen LogP contribution in [0.5, 0.6) is 5.75 Å². The van der Waals surface area contributed by atoms with Crippen molar-refractivity contribution in [2.75, 3.05) is 11.9 Å². The van der Waals surface area contributed by atoms with Crippen molar-refractivity contribution in [3.05, 3.63) is 97.5 Å². The molecule has 0 aliphatic carbocycles. The maximum absolute atomic E-state index is 11.8. The Morgan fingerprint density at radius 2 is 1.84 bits per heavy atom. The molecular formula is C22H17BrClN3O5. The molecule has 3 aromatic rings. The van der Waals surface area contributed by atoms with Crippen LogP contribution in [0.2, 0.25) is 5.02 Å². The number of nitrogens with one attached hydrogen (secondary N) is 1. The molecule has 3 rings (SSSR count). The molecule has 0 atom stereocenters. The summed E-state index contributed by atoms with van der Waals surface area (Å²) in [4.78, 5) is 27.1. The summed E-state index contributed by atoms with van der Waals surface area (Å²) >= 11 is 9.24. The summed E-state index contributed by atoms with van der Waals surface area (Å²) in [6.07, 6.45) is 1.47. The Balaban J connectivity index is 1.46. The first kappa shape index (κ1) is 23.2. The molecule has 0 unspecified atom stereocenters. The fourth-order valence-electron chi connectivity index (χ4n) is 2.51. The predicted octanol–water partition coefficient (Wildman–Crippen LogP) is 5.58. The van der Waals surface area contributed by atoms with Crippen molar-refractivity contribution in [3.8, 4) is 5.75 Å². The molecule has 3 aromatic carbocycles. The smallest absolute Gasteiger partial charge is 0.269 e. The molecule has 0 radical (unpaired) electrons. The summed E-state index contributed by atoms with van der Waals surface area (Å²) in [7, 11) is 0. The van der Waals surface area contributed by atoms with Crippen LogP contribution >= 0.6 is 27.5 Å². The van der Waals surface area contributed by atoms with E-state index in [0.29, 0.717) is 20.9 Å². The number of nitrogens with zero attached hydrogens (tertiary/aromatic N) is 2. The minimum atomic E-state index is -0.447. The zero-order chi connectivity index (χ0) is 22.9. The first-order valence-electron chi connectivity index (χ1n) is 9.27. The molecule has 10 heteroatoms. The van der Waals surface area contributed by atoms with E-state index >= 15 is 0 Å². The van der Waals surface area contributed by atoms with Gasteiger partial charge in [-0.1, -0.05) is 16.8 Å². The lowest BCUT2D eigenvalue weighted by molar-refractivity contribution is -0.384. The van der Waals surface area contributed by atoms with E-state index in [2.05, 4.69) is 26.4 Å². The second-order valence-corrected chi connectivity index (χ2v) is 7.76. The zero-order valence-corrected chi connectivity index (χ0v) is 18.9. The number of carbonyl (C=O) groups is 1. The van der Waals surface area contributed by atoms with Gasteiger partial charge in [-0.15, -0.1) is 0 Å². The normalized spacial score (nSPS) is 10.7. The van der Waals surface area contributed by atoms with Gasteiger partial charge < -0.3 is 14.9 Å². The Morgan fingerprint density at radius 3 is 2.50 bits per heavy atom. The van der Waals surface area contributed by atoms with E-state index in [1.54, 1.807) is 54.6 Å². The highest BCUT2D eigenvalue weighted by Crippen LogP contribution is 2.26. The van der Waals surface area contributed by atoms with E-state index in [0.717, 1.165) is 11.1 Å². The standard InChI is InChI=1S/C22H17BrClN3O5/c23-20-11-16(12-25-32-14-22(28)26-18-6-4-17(24)5-7-18)3-10-21(20)31-13-15-1-8-19(9-2-15)27(29)30/h1-12H,13-14H2,(H,26,28)/b25-12+. The SMILES string of the molecule is O=C(CO/N=C/c1ccc(OCc2ccc([N+](=O)[O-])cc2)c(Br)c1)Nc1ccc(Cl)cc1. The number of rotatable bonds is 9. The van der Waals surface area contributed by atoms with Gasteiger partial charge in [0.15, 0.2) is 6.61 Å². The van der Waals surface area contributed by atoms with Crippen molar-refractivity contribution >= 4 is 51.0 Å². The Hall–Kier alpha value is -3.43. The minimum Gasteiger partial charge on any atom is -0.488 e. The van der Waals surface area contributed by atoms with Crippen molar-refractivity contribution in [1.29, 1.82) is 0 Å². The van der Waals surface area contributed by atoms with Gasteiger partial charge in [-0.2, -0.15) is 0 Å². The third-order valence-electron chi connectivity index (χ3n) is 4.10. The molecule has 164 valence electrons. The van der Waals surface area contributed by atoms with Gasteiger partial charge in [0.25, 0.3) is 11.6 Å². The van der Waals surface area contributed by atoms with Crippen molar-refractivity contribution in [2.24, 2.45) is 5.16 Å². The highest BCUT2D eigenvalue weighted by molar-refractivity contribution is 9.10. The lowest BCUT2D eigenvalue weighted by Gasteiger charge is -2.09. The molecule has 0 saturated heterocycles. The number of non-ortho nitro benzene ring substituents is 1. The number of nitro benzene ring substituents is 1. The third-order valence-corrected chi connectivity index (χ3v) is 4.97. The molecule has 1 amide bonds. The summed E-state index contributed by atoms with van der Waals surface area (Å²) in [6, 6.07) is 18.2. The molecule has 0 saturated carbocycles. The Bertz CT molecular complexity index is 1120. The van der Waals surface area contributed by atoms with E-state index < -0.39 is 4.92 Å². The quantitative estimate of drug-likeness (QED) is 0.226. The summed E-state index contributed by atoms with van der Waals surface area (Å²) in [5.41, 5.74) is 2.18. The largest absolute Gasteiger partial charge is 0.488 e. The number of anilines is 1. The fraction of sp³-hybridized carbons (Fsp3) is 0.0909. The molecule has 0 spiro atoms. The van der Waals surface area contributed by atoms with E-state index in [-0.39, 0.29) is 24.8 Å². The van der Waals surface area contributed by atoms with Crippen LogP contribution in [0.1, 0.15) is 11.1 Å². The van der Waals surface area contributed by atoms with Crippen LogP contribution in [-0.4, -0.2) is 23.7 Å². The lowest BCUT2D eigenvalue weighted by atomic mass is 10.2. The Labute approximate surface area is 197 Å². The third kappa shape index (κ3) is 7.07. The maximum atomic E-state index is 11.8. The highest BCUT2D eigenvalue weighted by Gasteiger charge is 2.07. The summed E-state index contributed by atoms with van der Waals surface area (Å²) in [5, 5.41) is 17.8. The topological polar surface area (TPSA) is 103 Å². The van der Waals surface area contributed by atoms with Crippen LogP contribution in [-0.2, 0) is 16.2 Å². The molecule has 0 fully saturated rings. The second-order valence-electron chi connectivity index (χ2n) is 6.47. The van der Waals surface area contributed by atoms with E-state index in [9.17, 15) is 14.9 Å². The van der Waals surface area contributed by atoms with E-state index in [1.165, 1.54) is 18.3 Å². The van der Waals surface area contributed by atoms with Crippen molar-refractivity contribution in [1.82, 2.24) is 0 Å². The van der Waals surface area contributed by atoms with Crippen LogP contribution in [0.15, 0.2) is 76.4 Å².